The van der Waals surface area contributed by atoms with Crippen LogP contribution >= 0.6 is 0 Å². The van der Waals surface area contributed by atoms with Gasteiger partial charge in [0.2, 0.25) is 0 Å². The van der Waals surface area contributed by atoms with Crippen LogP contribution in [-0.2, 0) is 4.79 Å². The average Bonchev–Trinajstić information content (AvgIpc) is 2.24. The van der Waals surface area contributed by atoms with Crippen molar-refractivity contribution in [3.05, 3.63) is 46.3 Å². The van der Waals surface area contributed by atoms with E-state index in [0.717, 1.165) is 5.56 Å². The molecule has 94 valence electrons. The second-order valence-electron chi connectivity index (χ2n) is 4.41. The Morgan fingerprint density at radius 3 is 2.33 bits per heavy atom. The number of allylic oxidation sites excluding steroid dienone is 2. The zero-order chi connectivity index (χ0) is 13.9. The number of benzene rings is 1. The van der Waals surface area contributed by atoms with Gasteiger partial charge in [0, 0.05) is 0 Å². The van der Waals surface area contributed by atoms with E-state index in [1.807, 2.05) is 13.0 Å². The Morgan fingerprint density at radius 1 is 1.28 bits per heavy atom. The zero-order valence-corrected chi connectivity index (χ0v) is 11.2. The molecule has 2 nitrogen and oxygen atoms in total. The number of Topliss-reactive ketones (excluding diaryl/α,β-unsaturated/α-hetero) is 1. The Kier molecular flexibility index (Phi) is 4.59. The number of carbonyl (C=O) groups is 1. The van der Waals surface area contributed by atoms with Gasteiger partial charge in [0.15, 0.2) is 0 Å². The fourth-order valence-corrected chi connectivity index (χ4v) is 1.91. The van der Waals surface area contributed by atoms with Crippen molar-refractivity contribution >= 4 is 18.2 Å². The van der Waals surface area contributed by atoms with E-state index in [1.165, 1.54) is 13.0 Å². The van der Waals surface area contributed by atoms with Crippen molar-refractivity contribution in [3.63, 3.8) is 0 Å². The van der Waals surface area contributed by atoms with E-state index in [2.05, 4.69) is 0 Å². The van der Waals surface area contributed by atoms with Gasteiger partial charge in [-0.1, -0.05) is 0 Å². The van der Waals surface area contributed by atoms with Gasteiger partial charge in [0.1, 0.15) is 0 Å². The SMILES string of the molecule is CC(=O)/C(B=C(C)c1c(C)cccc1F)=C(/C)N. The number of rotatable bonds is 3. The van der Waals surface area contributed by atoms with Crippen LogP contribution < -0.4 is 5.73 Å². The standard InChI is InChI=1S/C14H17BFNO/c1-8-6-5-7-12(16)13(8)9(2)15-14(10(3)17)11(4)18/h5-7H,17H2,1-4H3/b14-10+. The number of nitrogens with two attached hydrogens (primary N) is 1. The molecule has 0 bridgehead atoms. The molecular weight excluding hydrogens is 228 g/mol. The molecule has 0 saturated heterocycles. The number of ketones is 1. The van der Waals surface area contributed by atoms with Crippen LogP contribution in [0.15, 0.2) is 29.4 Å². The third-order valence-electron chi connectivity index (χ3n) is 2.78. The van der Waals surface area contributed by atoms with E-state index in [-0.39, 0.29) is 11.6 Å². The molecule has 0 aromatic heterocycles. The van der Waals surface area contributed by atoms with E-state index in [4.69, 9.17) is 5.73 Å². The van der Waals surface area contributed by atoms with Crippen LogP contribution in [0.5, 0.6) is 0 Å². The summed E-state index contributed by atoms with van der Waals surface area (Å²) < 4.78 is 13.8. The third-order valence-corrected chi connectivity index (χ3v) is 2.78. The molecule has 0 saturated carbocycles. The molecule has 0 radical (unpaired) electrons. The molecule has 0 spiro atoms. The van der Waals surface area contributed by atoms with Crippen molar-refractivity contribution in [2.75, 3.05) is 0 Å². The summed E-state index contributed by atoms with van der Waals surface area (Å²) in [6.45, 7) is 8.36. The second kappa shape index (κ2) is 5.76. The summed E-state index contributed by atoms with van der Waals surface area (Å²) in [6.07, 6.45) is 0. The predicted octanol–water partition coefficient (Wildman–Crippen LogP) is 2.16. The van der Waals surface area contributed by atoms with Crippen molar-refractivity contribution < 1.29 is 9.18 Å². The van der Waals surface area contributed by atoms with E-state index < -0.39 is 0 Å². The fraction of sp³-hybridized carbons (Fsp3) is 0.286. The van der Waals surface area contributed by atoms with Crippen LogP contribution in [0.4, 0.5) is 4.39 Å². The van der Waals surface area contributed by atoms with Crippen LogP contribution in [0.3, 0.4) is 0 Å². The van der Waals surface area contributed by atoms with E-state index in [1.54, 1.807) is 26.8 Å². The number of aryl methyl sites for hydroxylation is 1. The predicted molar refractivity (Wildman–Crippen MR) is 74.2 cm³/mol. The first kappa shape index (κ1) is 14.4. The van der Waals surface area contributed by atoms with Crippen molar-refractivity contribution in [2.24, 2.45) is 5.73 Å². The molecule has 18 heavy (non-hydrogen) atoms. The molecule has 0 heterocycles. The van der Waals surface area contributed by atoms with Crippen LogP contribution in [0, 0.1) is 12.7 Å². The van der Waals surface area contributed by atoms with Gasteiger partial charge in [-0.25, -0.2) is 0 Å². The third kappa shape index (κ3) is 3.16. The summed E-state index contributed by atoms with van der Waals surface area (Å²) >= 11 is 0. The van der Waals surface area contributed by atoms with Gasteiger partial charge >= 0.3 is 107 Å². The van der Waals surface area contributed by atoms with Gasteiger partial charge in [0.05, 0.1) is 0 Å². The Bertz CT molecular complexity index is 522. The molecule has 0 aliphatic carbocycles. The molecule has 2 N–H and O–H groups in total. The summed E-state index contributed by atoms with van der Waals surface area (Å²) in [7, 11) is 0. The molecule has 0 aliphatic heterocycles. The minimum atomic E-state index is -0.290. The number of hydrogen-bond donors (Lipinski definition) is 1. The van der Waals surface area contributed by atoms with Gasteiger partial charge in [-0.05, 0) is 0 Å². The molecule has 4 heteroatoms. The second-order valence-corrected chi connectivity index (χ2v) is 4.41. The molecule has 1 rings (SSSR count). The average molecular weight is 245 g/mol. The quantitative estimate of drug-likeness (QED) is 0.655. The van der Waals surface area contributed by atoms with E-state index >= 15 is 0 Å². The van der Waals surface area contributed by atoms with Crippen LogP contribution in [-0.4, -0.2) is 18.2 Å². The first-order valence-corrected chi connectivity index (χ1v) is 5.75. The van der Waals surface area contributed by atoms with Crippen LogP contribution in [0.2, 0.25) is 0 Å². The molecule has 0 atom stereocenters. The molecule has 0 amide bonds. The Balaban J connectivity index is 3.34. The van der Waals surface area contributed by atoms with Gasteiger partial charge in [-0.2, -0.15) is 0 Å². The van der Waals surface area contributed by atoms with Gasteiger partial charge in [-0.3, -0.25) is 0 Å². The molecule has 0 fully saturated rings. The number of hydrogen-bond acceptors (Lipinski definition) is 2. The molecular formula is C14H17BFNO. The van der Waals surface area contributed by atoms with E-state index in [9.17, 15) is 9.18 Å². The van der Waals surface area contributed by atoms with Crippen molar-refractivity contribution in [1.29, 1.82) is 0 Å². The van der Waals surface area contributed by atoms with Gasteiger partial charge < -0.3 is 0 Å². The Hall–Kier alpha value is -1.71. The van der Waals surface area contributed by atoms with Crippen molar-refractivity contribution in [3.8, 4) is 0 Å². The maximum atomic E-state index is 13.8. The topological polar surface area (TPSA) is 43.1 Å². The molecule has 1 aromatic rings. The van der Waals surface area contributed by atoms with Crippen molar-refractivity contribution in [2.45, 2.75) is 27.7 Å². The van der Waals surface area contributed by atoms with Crippen molar-refractivity contribution in [1.82, 2.24) is 0 Å². The maximum absolute atomic E-state index is 13.8. The summed E-state index contributed by atoms with van der Waals surface area (Å²) in [5.41, 5.74) is 8.58. The van der Waals surface area contributed by atoms with Crippen LogP contribution in [0.25, 0.3) is 0 Å². The van der Waals surface area contributed by atoms with E-state index in [0.29, 0.717) is 22.2 Å². The molecule has 0 unspecified atom stereocenters. The molecule has 0 aliphatic rings. The summed E-state index contributed by atoms with van der Waals surface area (Å²) in [6, 6.07) is 4.91. The number of halogens is 1. The van der Waals surface area contributed by atoms with Gasteiger partial charge in [0.25, 0.3) is 0 Å². The summed E-state index contributed by atoms with van der Waals surface area (Å²) in [5, 5.41) is 0. The normalized spacial score (nSPS) is 12.8. The first-order chi connectivity index (χ1) is 8.34. The molecule has 1 aromatic carbocycles. The first-order valence-electron chi connectivity index (χ1n) is 5.75. The summed E-state index contributed by atoms with van der Waals surface area (Å²) in [4.78, 5) is 11.4. The van der Waals surface area contributed by atoms with Gasteiger partial charge in [-0.15, -0.1) is 0 Å². The Labute approximate surface area is 108 Å². The monoisotopic (exact) mass is 245 g/mol. The fourth-order valence-electron chi connectivity index (χ4n) is 1.91. The van der Waals surface area contributed by atoms with Crippen LogP contribution in [0.1, 0.15) is 31.9 Å². The summed E-state index contributed by atoms with van der Waals surface area (Å²) in [5.74, 6) is -0.412. The zero-order valence-electron chi connectivity index (χ0n) is 11.2. The minimum absolute atomic E-state index is 0.122. The Morgan fingerprint density at radius 2 is 1.89 bits per heavy atom. The number of carbonyl (C=O) groups excluding carboxylic acids is 1.